The van der Waals surface area contributed by atoms with E-state index in [-0.39, 0.29) is 17.7 Å². The molecule has 0 spiro atoms. The predicted octanol–water partition coefficient (Wildman–Crippen LogP) is 3.33. The second-order valence-electron chi connectivity index (χ2n) is 4.68. The number of halogens is 3. The molecular formula is C15H12F3NO4S. The van der Waals surface area contributed by atoms with E-state index >= 15 is 0 Å². The first kappa shape index (κ1) is 17.8. The highest BCUT2D eigenvalue weighted by Gasteiger charge is 2.46. The van der Waals surface area contributed by atoms with Crippen molar-refractivity contribution >= 4 is 32.5 Å². The summed E-state index contributed by atoms with van der Waals surface area (Å²) in [4.78, 5) is 11.1. The zero-order valence-electron chi connectivity index (χ0n) is 12.1. The molecule has 128 valence electrons. The molecule has 0 radical (unpaired) electrons. The van der Waals surface area contributed by atoms with Gasteiger partial charge in [-0.3, -0.25) is 4.72 Å². The van der Waals surface area contributed by atoms with Crippen molar-refractivity contribution in [2.75, 3.05) is 4.72 Å². The molecule has 1 N–H and O–H groups in total. The van der Waals surface area contributed by atoms with Gasteiger partial charge in [0.1, 0.15) is 6.61 Å². The molecule has 2 aromatic rings. The van der Waals surface area contributed by atoms with Crippen molar-refractivity contribution in [3.8, 4) is 0 Å². The zero-order chi connectivity index (χ0) is 18.0. The third kappa shape index (κ3) is 3.67. The zero-order valence-corrected chi connectivity index (χ0v) is 12.9. The fraction of sp³-hybridized carbons (Fsp3) is 0.133. The largest absolute Gasteiger partial charge is 0.516 e. The number of nitrogens with one attached hydrogen (secondary N) is 1. The van der Waals surface area contributed by atoms with E-state index in [0.717, 1.165) is 6.08 Å². The Kier molecular flexibility index (Phi) is 4.83. The minimum Gasteiger partial charge on any atom is -0.458 e. The normalized spacial score (nSPS) is 12.0. The fourth-order valence-corrected chi connectivity index (χ4v) is 2.57. The standard InChI is InChI=1S/C15H12F3NO4S/c1-2-14(20)23-9-10-7-8-13(12-6-4-3-5-11(10)12)19-24(21,22)15(16,17)18/h2-8,19H,1,9H2. The summed E-state index contributed by atoms with van der Waals surface area (Å²) < 4.78 is 66.6. The summed E-state index contributed by atoms with van der Waals surface area (Å²) in [5.41, 5.74) is -5.14. The Balaban J connectivity index is 2.45. The number of esters is 1. The summed E-state index contributed by atoms with van der Waals surface area (Å²) in [6.45, 7) is 3.13. The number of alkyl halides is 3. The van der Waals surface area contributed by atoms with Crippen LogP contribution in [0.4, 0.5) is 18.9 Å². The maximum atomic E-state index is 12.5. The minimum atomic E-state index is -5.53. The number of carbonyl (C=O) groups is 1. The summed E-state index contributed by atoms with van der Waals surface area (Å²) in [6.07, 6.45) is 0.980. The fourth-order valence-electron chi connectivity index (χ4n) is 1.99. The first-order chi connectivity index (χ1) is 11.2. The molecule has 0 atom stereocenters. The Morgan fingerprint density at radius 3 is 2.38 bits per heavy atom. The van der Waals surface area contributed by atoms with Gasteiger partial charge in [-0.05, 0) is 17.0 Å². The van der Waals surface area contributed by atoms with Gasteiger partial charge in [-0.25, -0.2) is 4.79 Å². The molecule has 0 fully saturated rings. The van der Waals surface area contributed by atoms with Crippen LogP contribution in [-0.4, -0.2) is 19.9 Å². The van der Waals surface area contributed by atoms with Crippen LogP contribution in [0.1, 0.15) is 5.56 Å². The first-order valence-corrected chi connectivity index (χ1v) is 8.03. The van der Waals surface area contributed by atoms with Gasteiger partial charge >= 0.3 is 21.5 Å². The van der Waals surface area contributed by atoms with Crippen LogP contribution in [0.15, 0.2) is 49.1 Å². The van der Waals surface area contributed by atoms with Gasteiger partial charge in [0.15, 0.2) is 0 Å². The molecule has 0 aromatic heterocycles. The molecule has 0 aliphatic carbocycles. The molecule has 24 heavy (non-hydrogen) atoms. The molecule has 5 nitrogen and oxygen atoms in total. The Morgan fingerprint density at radius 2 is 1.79 bits per heavy atom. The summed E-state index contributed by atoms with van der Waals surface area (Å²) in [7, 11) is -5.53. The molecule has 0 unspecified atom stereocenters. The third-order valence-corrected chi connectivity index (χ3v) is 4.20. The van der Waals surface area contributed by atoms with Crippen molar-refractivity contribution in [1.82, 2.24) is 0 Å². The summed E-state index contributed by atoms with van der Waals surface area (Å²) >= 11 is 0. The SMILES string of the molecule is C=CC(=O)OCc1ccc(NS(=O)(=O)C(F)(F)F)c2ccccc12. The number of benzene rings is 2. The van der Waals surface area contributed by atoms with E-state index in [1.165, 1.54) is 22.9 Å². The number of anilines is 1. The third-order valence-electron chi connectivity index (χ3n) is 3.10. The number of hydrogen-bond acceptors (Lipinski definition) is 4. The molecule has 0 saturated heterocycles. The van der Waals surface area contributed by atoms with E-state index < -0.39 is 21.5 Å². The van der Waals surface area contributed by atoms with Crippen LogP contribution in [-0.2, 0) is 26.2 Å². The average Bonchev–Trinajstić information content (AvgIpc) is 2.52. The van der Waals surface area contributed by atoms with Crippen LogP contribution in [0.5, 0.6) is 0 Å². The quantitative estimate of drug-likeness (QED) is 0.657. The van der Waals surface area contributed by atoms with Gasteiger partial charge in [-0.2, -0.15) is 21.6 Å². The van der Waals surface area contributed by atoms with Crippen molar-refractivity contribution in [1.29, 1.82) is 0 Å². The van der Waals surface area contributed by atoms with E-state index in [4.69, 9.17) is 4.74 Å². The number of ether oxygens (including phenoxy) is 1. The highest BCUT2D eigenvalue weighted by atomic mass is 32.2. The van der Waals surface area contributed by atoms with Crippen molar-refractivity contribution in [2.24, 2.45) is 0 Å². The second-order valence-corrected chi connectivity index (χ2v) is 6.35. The summed E-state index contributed by atoms with van der Waals surface area (Å²) in [5, 5.41) is 0.703. The highest BCUT2D eigenvalue weighted by Crippen LogP contribution is 2.31. The van der Waals surface area contributed by atoms with Crippen LogP contribution < -0.4 is 4.72 Å². The van der Waals surface area contributed by atoms with Crippen LogP contribution in [0.3, 0.4) is 0 Å². The number of fused-ring (bicyclic) bond motifs is 1. The van der Waals surface area contributed by atoms with E-state index in [0.29, 0.717) is 10.9 Å². The van der Waals surface area contributed by atoms with Crippen molar-refractivity contribution in [3.63, 3.8) is 0 Å². The Labute approximate surface area is 135 Å². The Morgan fingerprint density at radius 1 is 1.17 bits per heavy atom. The lowest BCUT2D eigenvalue weighted by atomic mass is 10.0. The summed E-state index contributed by atoms with van der Waals surface area (Å²) in [6, 6.07) is 8.78. The molecule has 0 aliphatic rings. The van der Waals surface area contributed by atoms with Crippen LogP contribution in [0.25, 0.3) is 10.8 Å². The monoisotopic (exact) mass is 359 g/mol. The van der Waals surface area contributed by atoms with Crippen molar-refractivity contribution < 1.29 is 31.1 Å². The maximum Gasteiger partial charge on any atom is 0.516 e. The van der Waals surface area contributed by atoms with Crippen LogP contribution in [0, 0.1) is 0 Å². The van der Waals surface area contributed by atoms with Crippen molar-refractivity contribution in [2.45, 2.75) is 12.1 Å². The van der Waals surface area contributed by atoms with E-state index in [1.54, 1.807) is 18.2 Å². The Hall–Kier alpha value is -2.55. The van der Waals surface area contributed by atoms with Gasteiger partial charge in [-0.1, -0.05) is 36.9 Å². The van der Waals surface area contributed by atoms with Gasteiger partial charge in [0, 0.05) is 11.5 Å². The van der Waals surface area contributed by atoms with Crippen LogP contribution >= 0.6 is 0 Å². The molecule has 9 heteroatoms. The van der Waals surface area contributed by atoms with Crippen molar-refractivity contribution in [3.05, 3.63) is 54.6 Å². The topological polar surface area (TPSA) is 72.5 Å². The van der Waals surface area contributed by atoms with E-state index in [2.05, 4.69) is 6.58 Å². The predicted molar refractivity (Wildman–Crippen MR) is 82.5 cm³/mol. The number of sulfonamides is 1. The van der Waals surface area contributed by atoms with Crippen LogP contribution in [0.2, 0.25) is 0 Å². The van der Waals surface area contributed by atoms with E-state index in [9.17, 15) is 26.4 Å². The molecule has 0 amide bonds. The molecule has 0 aliphatic heterocycles. The van der Waals surface area contributed by atoms with Gasteiger partial charge in [-0.15, -0.1) is 0 Å². The second kappa shape index (κ2) is 6.52. The number of hydrogen-bond donors (Lipinski definition) is 1. The lowest BCUT2D eigenvalue weighted by Crippen LogP contribution is -2.30. The average molecular weight is 359 g/mol. The molecular weight excluding hydrogens is 347 g/mol. The smallest absolute Gasteiger partial charge is 0.458 e. The lowest BCUT2D eigenvalue weighted by Gasteiger charge is -2.14. The molecule has 0 heterocycles. The summed E-state index contributed by atoms with van der Waals surface area (Å²) in [5.74, 6) is -0.652. The molecule has 0 saturated carbocycles. The number of carbonyl (C=O) groups excluding carboxylic acids is 1. The maximum absolute atomic E-state index is 12.5. The molecule has 0 bridgehead atoms. The number of rotatable bonds is 5. The van der Waals surface area contributed by atoms with Gasteiger partial charge in [0.25, 0.3) is 0 Å². The van der Waals surface area contributed by atoms with E-state index in [1.807, 2.05) is 0 Å². The Bertz CT molecular complexity index is 891. The highest BCUT2D eigenvalue weighted by molar-refractivity contribution is 7.93. The first-order valence-electron chi connectivity index (χ1n) is 6.54. The molecule has 2 rings (SSSR count). The van der Waals surface area contributed by atoms with Gasteiger partial charge < -0.3 is 4.74 Å². The van der Waals surface area contributed by atoms with Gasteiger partial charge in [0.05, 0.1) is 5.69 Å². The van der Waals surface area contributed by atoms with Gasteiger partial charge in [0.2, 0.25) is 0 Å². The minimum absolute atomic E-state index is 0.127. The lowest BCUT2D eigenvalue weighted by molar-refractivity contribution is -0.138. The molecule has 2 aromatic carbocycles.